The molecule has 5 nitrogen and oxygen atoms in total. The summed E-state index contributed by atoms with van der Waals surface area (Å²) in [5, 5.41) is 11.7. The topological polar surface area (TPSA) is 69.6 Å². The van der Waals surface area contributed by atoms with Crippen LogP contribution in [-0.4, -0.2) is 35.1 Å². The number of likely N-dealkylation sites (tertiary alicyclic amines) is 1. The van der Waals surface area contributed by atoms with Crippen molar-refractivity contribution < 1.29 is 14.7 Å². The second-order valence-electron chi connectivity index (χ2n) is 5.50. The monoisotopic (exact) mass is 290 g/mol. The number of anilines is 1. The van der Waals surface area contributed by atoms with Gasteiger partial charge in [-0.15, -0.1) is 0 Å². The van der Waals surface area contributed by atoms with Crippen molar-refractivity contribution >= 4 is 17.7 Å². The van der Waals surface area contributed by atoms with Crippen LogP contribution in [0.5, 0.6) is 0 Å². The lowest BCUT2D eigenvalue weighted by atomic mass is 9.95. The Balaban J connectivity index is 1.98. The van der Waals surface area contributed by atoms with E-state index in [0.29, 0.717) is 17.2 Å². The van der Waals surface area contributed by atoms with Crippen molar-refractivity contribution in [3.05, 3.63) is 29.8 Å². The van der Waals surface area contributed by atoms with Crippen LogP contribution in [0.2, 0.25) is 0 Å². The molecule has 1 aromatic rings. The van der Waals surface area contributed by atoms with Gasteiger partial charge in [0.15, 0.2) is 0 Å². The first-order chi connectivity index (χ1) is 10.1. The van der Waals surface area contributed by atoms with Gasteiger partial charge in [-0.05, 0) is 30.4 Å². The normalized spacial score (nSPS) is 15.8. The third-order valence-electron chi connectivity index (χ3n) is 4.08. The van der Waals surface area contributed by atoms with Crippen molar-refractivity contribution in [2.45, 2.75) is 32.6 Å². The third-order valence-corrected chi connectivity index (χ3v) is 4.08. The lowest BCUT2D eigenvalue weighted by Gasteiger charge is -2.31. The van der Waals surface area contributed by atoms with Crippen LogP contribution in [0.1, 0.15) is 31.7 Å². The van der Waals surface area contributed by atoms with Crippen molar-refractivity contribution in [2.75, 3.05) is 18.4 Å². The van der Waals surface area contributed by atoms with Gasteiger partial charge in [0.2, 0.25) is 0 Å². The van der Waals surface area contributed by atoms with E-state index in [0.717, 1.165) is 32.4 Å². The Morgan fingerprint density at radius 2 is 1.95 bits per heavy atom. The lowest BCUT2D eigenvalue weighted by molar-refractivity contribution is -0.136. The highest BCUT2D eigenvalue weighted by molar-refractivity contribution is 5.91. The zero-order valence-electron chi connectivity index (χ0n) is 12.3. The summed E-state index contributed by atoms with van der Waals surface area (Å²) in [5.41, 5.74) is 1.21. The van der Waals surface area contributed by atoms with E-state index in [9.17, 15) is 9.59 Å². The zero-order valence-corrected chi connectivity index (χ0v) is 12.3. The number of carbonyl (C=O) groups is 2. The van der Waals surface area contributed by atoms with Crippen molar-refractivity contribution in [1.29, 1.82) is 0 Å². The van der Waals surface area contributed by atoms with Crippen LogP contribution in [0, 0.1) is 5.92 Å². The Bertz CT molecular complexity index is 508. The molecule has 1 heterocycles. The number of aliphatic carboxylic acids is 1. The number of para-hydroxylation sites is 1. The second kappa shape index (κ2) is 7.11. The predicted octanol–water partition coefficient (Wildman–Crippen LogP) is 2.97. The van der Waals surface area contributed by atoms with Crippen molar-refractivity contribution in [2.24, 2.45) is 5.92 Å². The molecule has 2 N–H and O–H groups in total. The van der Waals surface area contributed by atoms with Gasteiger partial charge in [-0.2, -0.15) is 0 Å². The summed E-state index contributed by atoms with van der Waals surface area (Å²) in [5.74, 6) is -0.186. The van der Waals surface area contributed by atoms with Crippen LogP contribution in [0.4, 0.5) is 10.5 Å². The number of piperidine rings is 1. The Hall–Kier alpha value is -2.04. The van der Waals surface area contributed by atoms with Gasteiger partial charge < -0.3 is 15.3 Å². The molecule has 0 aliphatic carbocycles. The molecule has 0 aromatic heterocycles. The number of benzene rings is 1. The number of rotatable bonds is 4. The quantitative estimate of drug-likeness (QED) is 0.895. The standard InChI is InChI=1S/C16H22N2O3/c1-2-12-7-9-18(10-8-12)16(21)17-14-6-4-3-5-13(14)11-15(19)20/h3-6,12H,2,7-11H2,1H3,(H,17,21)(H,19,20). The summed E-state index contributed by atoms with van der Waals surface area (Å²) < 4.78 is 0. The lowest BCUT2D eigenvalue weighted by Crippen LogP contribution is -2.41. The highest BCUT2D eigenvalue weighted by atomic mass is 16.4. The molecule has 0 saturated carbocycles. The molecule has 0 radical (unpaired) electrons. The average molecular weight is 290 g/mol. The first-order valence-electron chi connectivity index (χ1n) is 7.45. The van der Waals surface area contributed by atoms with Crippen LogP contribution in [0.25, 0.3) is 0 Å². The third kappa shape index (κ3) is 4.21. The van der Waals surface area contributed by atoms with Crippen molar-refractivity contribution in [3.63, 3.8) is 0 Å². The molecule has 0 spiro atoms. The van der Waals surface area contributed by atoms with Gasteiger partial charge in [0, 0.05) is 18.8 Å². The molecular weight excluding hydrogens is 268 g/mol. The average Bonchev–Trinajstić information content (AvgIpc) is 2.49. The minimum atomic E-state index is -0.902. The number of hydrogen-bond donors (Lipinski definition) is 2. The minimum absolute atomic E-state index is 0.0889. The largest absolute Gasteiger partial charge is 0.481 e. The molecule has 1 aliphatic heterocycles. The molecule has 1 saturated heterocycles. The SMILES string of the molecule is CCC1CCN(C(=O)Nc2ccccc2CC(=O)O)CC1. The first-order valence-corrected chi connectivity index (χ1v) is 7.45. The molecule has 1 fully saturated rings. The number of carboxylic acid groups (broad SMARTS) is 1. The van der Waals surface area contributed by atoms with E-state index in [4.69, 9.17) is 5.11 Å². The smallest absolute Gasteiger partial charge is 0.321 e. The number of carboxylic acids is 1. The predicted molar refractivity (Wildman–Crippen MR) is 81.4 cm³/mol. The van der Waals surface area contributed by atoms with Crippen molar-refractivity contribution in [1.82, 2.24) is 4.90 Å². The molecule has 0 atom stereocenters. The number of nitrogens with zero attached hydrogens (tertiary/aromatic N) is 1. The Morgan fingerprint density at radius 1 is 1.29 bits per heavy atom. The van der Waals surface area contributed by atoms with E-state index in [1.54, 1.807) is 24.3 Å². The molecule has 0 unspecified atom stereocenters. The number of nitrogens with one attached hydrogen (secondary N) is 1. The fraction of sp³-hybridized carbons (Fsp3) is 0.500. The highest BCUT2D eigenvalue weighted by Gasteiger charge is 2.22. The summed E-state index contributed by atoms with van der Waals surface area (Å²) in [6, 6.07) is 6.91. The summed E-state index contributed by atoms with van der Waals surface area (Å²) in [6.45, 7) is 3.72. The maximum absolute atomic E-state index is 12.3. The molecule has 5 heteroatoms. The Labute approximate surface area is 125 Å². The molecule has 2 rings (SSSR count). The van der Waals surface area contributed by atoms with Crippen LogP contribution >= 0.6 is 0 Å². The molecule has 1 aliphatic rings. The Morgan fingerprint density at radius 3 is 2.57 bits per heavy atom. The molecule has 1 aromatic carbocycles. The van der Waals surface area contributed by atoms with Gasteiger partial charge in [-0.1, -0.05) is 31.5 Å². The maximum atomic E-state index is 12.3. The second-order valence-corrected chi connectivity index (χ2v) is 5.50. The molecular formula is C16H22N2O3. The molecule has 114 valence electrons. The van der Waals surface area contributed by atoms with Crippen molar-refractivity contribution in [3.8, 4) is 0 Å². The van der Waals surface area contributed by atoms with Crippen LogP contribution in [-0.2, 0) is 11.2 Å². The maximum Gasteiger partial charge on any atom is 0.321 e. The van der Waals surface area contributed by atoms with E-state index in [-0.39, 0.29) is 12.5 Å². The minimum Gasteiger partial charge on any atom is -0.481 e. The number of urea groups is 1. The Kier molecular flexibility index (Phi) is 5.20. The van der Waals surface area contributed by atoms with E-state index >= 15 is 0 Å². The molecule has 0 bridgehead atoms. The van der Waals surface area contributed by atoms with Gasteiger partial charge in [-0.25, -0.2) is 4.79 Å². The summed E-state index contributed by atoms with van der Waals surface area (Å²) in [6.07, 6.45) is 3.16. The number of carbonyl (C=O) groups excluding carboxylic acids is 1. The summed E-state index contributed by atoms with van der Waals surface area (Å²) >= 11 is 0. The molecule has 21 heavy (non-hydrogen) atoms. The van der Waals surface area contributed by atoms with Crippen LogP contribution in [0.3, 0.4) is 0 Å². The number of hydrogen-bond acceptors (Lipinski definition) is 2. The summed E-state index contributed by atoms with van der Waals surface area (Å²) in [4.78, 5) is 24.9. The fourth-order valence-electron chi connectivity index (χ4n) is 2.70. The van der Waals surface area contributed by atoms with E-state index in [1.807, 2.05) is 4.90 Å². The van der Waals surface area contributed by atoms with Gasteiger partial charge in [0.25, 0.3) is 0 Å². The van der Waals surface area contributed by atoms with Gasteiger partial charge in [0.05, 0.1) is 6.42 Å². The van der Waals surface area contributed by atoms with Gasteiger partial charge in [-0.3, -0.25) is 4.79 Å². The van der Waals surface area contributed by atoms with Crippen LogP contribution in [0.15, 0.2) is 24.3 Å². The van der Waals surface area contributed by atoms with E-state index < -0.39 is 5.97 Å². The summed E-state index contributed by atoms with van der Waals surface area (Å²) in [7, 11) is 0. The van der Waals surface area contributed by atoms with E-state index in [1.165, 1.54) is 0 Å². The number of amides is 2. The van der Waals surface area contributed by atoms with Gasteiger partial charge >= 0.3 is 12.0 Å². The highest BCUT2D eigenvalue weighted by Crippen LogP contribution is 2.21. The first kappa shape index (κ1) is 15.4. The fourth-order valence-corrected chi connectivity index (χ4v) is 2.70. The van der Waals surface area contributed by atoms with Crippen LogP contribution < -0.4 is 5.32 Å². The zero-order chi connectivity index (χ0) is 15.2. The molecule has 2 amide bonds. The van der Waals surface area contributed by atoms with E-state index in [2.05, 4.69) is 12.2 Å². The van der Waals surface area contributed by atoms with Gasteiger partial charge in [0.1, 0.15) is 0 Å².